The SMILES string of the molecule is Cc1cccc(C)c1NC(=O)Cn1c(C)nc2sc(C)c(C)c2c1=O. The van der Waals surface area contributed by atoms with Crippen molar-refractivity contribution >= 4 is 33.1 Å². The molecule has 1 aromatic carbocycles. The number of para-hydroxylation sites is 1. The molecule has 0 atom stereocenters. The molecule has 0 aliphatic heterocycles. The van der Waals surface area contributed by atoms with E-state index in [1.807, 2.05) is 45.9 Å². The first kappa shape index (κ1) is 17.4. The van der Waals surface area contributed by atoms with Gasteiger partial charge in [-0.1, -0.05) is 18.2 Å². The topological polar surface area (TPSA) is 64.0 Å². The van der Waals surface area contributed by atoms with Crippen molar-refractivity contribution in [1.82, 2.24) is 9.55 Å². The number of rotatable bonds is 3. The van der Waals surface area contributed by atoms with Gasteiger partial charge in [0, 0.05) is 10.6 Å². The first-order valence-electron chi connectivity index (χ1n) is 8.12. The molecule has 0 spiro atoms. The Morgan fingerprint density at radius 1 is 1.16 bits per heavy atom. The fourth-order valence-corrected chi connectivity index (χ4v) is 4.01. The second kappa shape index (κ2) is 6.44. The fourth-order valence-electron chi connectivity index (χ4n) is 2.95. The highest BCUT2D eigenvalue weighted by molar-refractivity contribution is 7.18. The molecule has 5 nitrogen and oxygen atoms in total. The predicted molar refractivity (Wildman–Crippen MR) is 103 cm³/mol. The standard InChI is InChI=1S/C19H21N3O2S/c1-10-7-6-8-11(2)17(10)21-15(23)9-22-14(5)20-18-16(19(22)24)12(3)13(4)25-18/h6-8H,9H2,1-5H3,(H,21,23). The lowest BCUT2D eigenvalue weighted by Crippen LogP contribution is -2.30. The number of nitrogens with zero attached hydrogens (tertiary/aromatic N) is 2. The molecule has 3 aromatic rings. The van der Waals surface area contributed by atoms with Crippen molar-refractivity contribution in [2.24, 2.45) is 0 Å². The van der Waals surface area contributed by atoms with E-state index in [0.29, 0.717) is 11.2 Å². The second-order valence-corrected chi connectivity index (χ2v) is 7.53. The highest BCUT2D eigenvalue weighted by atomic mass is 32.1. The third kappa shape index (κ3) is 3.09. The number of nitrogens with one attached hydrogen (secondary N) is 1. The minimum atomic E-state index is -0.228. The van der Waals surface area contributed by atoms with Crippen molar-refractivity contribution in [3.05, 3.63) is 55.9 Å². The number of hydrogen-bond donors (Lipinski definition) is 1. The Labute approximate surface area is 150 Å². The molecule has 6 heteroatoms. The number of anilines is 1. The largest absolute Gasteiger partial charge is 0.324 e. The monoisotopic (exact) mass is 355 g/mol. The second-order valence-electron chi connectivity index (χ2n) is 6.33. The van der Waals surface area contributed by atoms with Crippen LogP contribution < -0.4 is 10.9 Å². The number of hydrogen-bond acceptors (Lipinski definition) is 4. The molecule has 3 rings (SSSR count). The summed E-state index contributed by atoms with van der Waals surface area (Å²) in [4.78, 5) is 31.7. The summed E-state index contributed by atoms with van der Waals surface area (Å²) in [5.74, 6) is 0.323. The van der Waals surface area contributed by atoms with Crippen LogP contribution in [-0.4, -0.2) is 15.5 Å². The van der Waals surface area contributed by atoms with Crippen LogP contribution in [0.5, 0.6) is 0 Å². The number of carbonyl (C=O) groups is 1. The lowest BCUT2D eigenvalue weighted by atomic mass is 10.1. The van der Waals surface area contributed by atoms with Gasteiger partial charge < -0.3 is 5.32 Å². The third-order valence-corrected chi connectivity index (χ3v) is 5.63. The van der Waals surface area contributed by atoms with Crippen LogP contribution in [0.15, 0.2) is 23.0 Å². The van der Waals surface area contributed by atoms with E-state index in [-0.39, 0.29) is 18.0 Å². The Morgan fingerprint density at radius 2 is 1.80 bits per heavy atom. The van der Waals surface area contributed by atoms with Gasteiger partial charge in [-0.25, -0.2) is 4.98 Å². The maximum atomic E-state index is 12.9. The molecule has 0 unspecified atom stereocenters. The molecule has 0 saturated carbocycles. The van der Waals surface area contributed by atoms with Gasteiger partial charge in [0.15, 0.2) is 0 Å². The van der Waals surface area contributed by atoms with Crippen LogP contribution in [0, 0.1) is 34.6 Å². The van der Waals surface area contributed by atoms with Crippen LogP contribution in [0.25, 0.3) is 10.2 Å². The van der Waals surface area contributed by atoms with Crippen LogP contribution in [0.1, 0.15) is 27.4 Å². The van der Waals surface area contributed by atoms with E-state index < -0.39 is 0 Å². The number of amides is 1. The lowest BCUT2D eigenvalue weighted by molar-refractivity contribution is -0.116. The number of aryl methyl sites for hydroxylation is 5. The Hall–Kier alpha value is -2.47. The Bertz CT molecular complexity index is 1030. The fraction of sp³-hybridized carbons (Fsp3) is 0.316. The zero-order chi connectivity index (χ0) is 18.3. The van der Waals surface area contributed by atoms with Crippen LogP contribution in [0.2, 0.25) is 0 Å². The van der Waals surface area contributed by atoms with Crippen molar-refractivity contribution < 1.29 is 4.79 Å². The van der Waals surface area contributed by atoms with E-state index >= 15 is 0 Å². The normalized spacial score (nSPS) is 11.1. The van der Waals surface area contributed by atoms with Gasteiger partial charge in [-0.3, -0.25) is 14.2 Å². The predicted octanol–water partition coefficient (Wildman–Crippen LogP) is 3.64. The molecule has 2 heterocycles. The van der Waals surface area contributed by atoms with Gasteiger partial charge in [0.25, 0.3) is 5.56 Å². The van der Waals surface area contributed by atoms with Crippen molar-refractivity contribution in [3.8, 4) is 0 Å². The highest BCUT2D eigenvalue weighted by Crippen LogP contribution is 2.26. The maximum Gasteiger partial charge on any atom is 0.263 e. The third-order valence-electron chi connectivity index (χ3n) is 4.53. The number of benzene rings is 1. The molecule has 2 aromatic heterocycles. The molecule has 0 saturated heterocycles. The van der Waals surface area contributed by atoms with E-state index in [2.05, 4.69) is 10.3 Å². The van der Waals surface area contributed by atoms with Crippen molar-refractivity contribution in [1.29, 1.82) is 0 Å². The molecule has 1 amide bonds. The summed E-state index contributed by atoms with van der Waals surface area (Å²) >= 11 is 1.52. The Balaban J connectivity index is 1.96. The number of thiophene rings is 1. The summed E-state index contributed by atoms with van der Waals surface area (Å²) in [6, 6.07) is 5.85. The molecule has 0 aliphatic rings. The number of carbonyl (C=O) groups excluding carboxylic acids is 1. The summed E-state index contributed by atoms with van der Waals surface area (Å²) in [7, 11) is 0. The quantitative estimate of drug-likeness (QED) is 0.780. The van der Waals surface area contributed by atoms with Crippen LogP contribution in [-0.2, 0) is 11.3 Å². The summed E-state index contributed by atoms with van der Waals surface area (Å²) in [5, 5.41) is 3.54. The molecule has 0 aliphatic carbocycles. The van der Waals surface area contributed by atoms with Gasteiger partial charge in [0.2, 0.25) is 5.91 Å². The number of aromatic nitrogens is 2. The average molecular weight is 355 g/mol. The molecule has 1 N–H and O–H groups in total. The number of fused-ring (bicyclic) bond motifs is 1. The molecule has 130 valence electrons. The van der Waals surface area contributed by atoms with Gasteiger partial charge in [-0.2, -0.15) is 0 Å². The molecule has 0 radical (unpaired) electrons. The van der Waals surface area contributed by atoms with Gasteiger partial charge >= 0.3 is 0 Å². The van der Waals surface area contributed by atoms with E-state index in [0.717, 1.165) is 32.1 Å². The first-order valence-corrected chi connectivity index (χ1v) is 8.94. The molecule has 0 fully saturated rings. The van der Waals surface area contributed by atoms with Gasteiger partial charge in [0.05, 0.1) is 5.39 Å². The van der Waals surface area contributed by atoms with E-state index in [4.69, 9.17) is 0 Å². The summed E-state index contributed by atoms with van der Waals surface area (Å²) in [6.45, 7) is 9.52. The van der Waals surface area contributed by atoms with Crippen LogP contribution >= 0.6 is 11.3 Å². The van der Waals surface area contributed by atoms with Crippen LogP contribution in [0.3, 0.4) is 0 Å². The smallest absolute Gasteiger partial charge is 0.263 e. The maximum absolute atomic E-state index is 12.9. The van der Waals surface area contributed by atoms with Gasteiger partial charge in [0.1, 0.15) is 17.2 Å². The minimum Gasteiger partial charge on any atom is -0.324 e. The summed E-state index contributed by atoms with van der Waals surface area (Å²) in [6.07, 6.45) is 0. The summed E-state index contributed by atoms with van der Waals surface area (Å²) in [5.41, 5.74) is 3.59. The highest BCUT2D eigenvalue weighted by Gasteiger charge is 2.17. The molecular weight excluding hydrogens is 334 g/mol. The van der Waals surface area contributed by atoms with E-state index in [1.165, 1.54) is 15.9 Å². The van der Waals surface area contributed by atoms with E-state index in [9.17, 15) is 9.59 Å². The average Bonchev–Trinajstić information content (AvgIpc) is 2.82. The molecule has 0 bridgehead atoms. The molecular formula is C19H21N3O2S. The van der Waals surface area contributed by atoms with Crippen molar-refractivity contribution in [3.63, 3.8) is 0 Å². The van der Waals surface area contributed by atoms with Gasteiger partial charge in [-0.15, -0.1) is 11.3 Å². The van der Waals surface area contributed by atoms with Crippen molar-refractivity contribution in [2.45, 2.75) is 41.2 Å². The minimum absolute atomic E-state index is 0.0459. The first-order chi connectivity index (χ1) is 11.8. The Kier molecular flexibility index (Phi) is 4.47. The Morgan fingerprint density at radius 3 is 2.44 bits per heavy atom. The lowest BCUT2D eigenvalue weighted by Gasteiger charge is -2.13. The molecule has 25 heavy (non-hydrogen) atoms. The van der Waals surface area contributed by atoms with Gasteiger partial charge in [-0.05, 0) is 51.3 Å². The van der Waals surface area contributed by atoms with Crippen molar-refractivity contribution in [2.75, 3.05) is 5.32 Å². The van der Waals surface area contributed by atoms with Crippen LogP contribution in [0.4, 0.5) is 5.69 Å². The summed E-state index contributed by atoms with van der Waals surface area (Å²) < 4.78 is 1.45. The zero-order valence-electron chi connectivity index (χ0n) is 15.1. The zero-order valence-corrected chi connectivity index (χ0v) is 15.9. The van der Waals surface area contributed by atoms with E-state index in [1.54, 1.807) is 6.92 Å².